The smallest absolute Gasteiger partial charge is 0.331 e. The summed E-state index contributed by atoms with van der Waals surface area (Å²) in [6.07, 6.45) is -0.0644. The second kappa shape index (κ2) is 16.2. The van der Waals surface area contributed by atoms with Crippen LogP contribution in [0.5, 0.6) is 5.75 Å². The van der Waals surface area contributed by atoms with Crippen molar-refractivity contribution in [1.82, 2.24) is 0 Å². The van der Waals surface area contributed by atoms with Crippen LogP contribution in [-0.2, 0) is 42.9 Å². The van der Waals surface area contributed by atoms with Crippen molar-refractivity contribution in [3.63, 3.8) is 0 Å². The van der Waals surface area contributed by atoms with Crippen molar-refractivity contribution in [3.8, 4) is 5.75 Å². The molecule has 15 nitrogen and oxygen atoms in total. The van der Waals surface area contributed by atoms with Crippen molar-refractivity contribution in [2.45, 2.75) is 130 Å². The molecule has 1 saturated heterocycles. The number of Topliss-reactive ketones (excluding diaryl/α,β-unsaturated/α-hetero) is 2. The number of ether oxygens (including phenoxy) is 4. The molecule has 5 aliphatic rings. The number of benzene rings is 1. The summed E-state index contributed by atoms with van der Waals surface area (Å²) in [4.78, 5) is 67.7. The highest BCUT2D eigenvalue weighted by Crippen LogP contribution is 2.74. The summed E-state index contributed by atoms with van der Waals surface area (Å²) in [6, 6.07) is 6.18. The number of rotatable bonds is 11. The van der Waals surface area contributed by atoms with E-state index in [1.54, 1.807) is 39.8 Å². The third kappa shape index (κ3) is 7.78. The molecule has 13 atom stereocenters. The Labute approximate surface area is 361 Å². The molecule has 0 amide bonds. The van der Waals surface area contributed by atoms with E-state index in [-0.39, 0.29) is 30.1 Å². The number of hydrogen-bond donors (Lipinski definition) is 6. The molecule has 0 bridgehead atoms. The molecular weight excluding hydrogens is 805 g/mol. The predicted octanol–water partition coefficient (Wildman–Crippen LogP) is 3.42. The number of fused-ring (bicyclic) bond motifs is 5. The Morgan fingerprint density at radius 2 is 1.60 bits per heavy atom. The van der Waals surface area contributed by atoms with Crippen LogP contribution in [0.2, 0.25) is 0 Å². The van der Waals surface area contributed by atoms with E-state index in [1.807, 2.05) is 26.8 Å². The second-order valence-corrected chi connectivity index (χ2v) is 19.6. The van der Waals surface area contributed by atoms with Crippen molar-refractivity contribution >= 4 is 35.4 Å². The minimum atomic E-state index is -2.17. The number of esters is 2. The fourth-order valence-electron chi connectivity index (χ4n) is 11.3. The molecule has 62 heavy (non-hydrogen) atoms. The Morgan fingerprint density at radius 3 is 2.21 bits per heavy atom. The van der Waals surface area contributed by atoms with Gasteiger partial charge in [0.05, 0.1) is 18.1 Å². The first-order valence-electron chi connectivity index (χ1n) is 21.0. The highest BCUT2D eigenvalue weighted by atomic mass is 16.7. The molecule has 0 aromatic heterocycles. The van der Waals surface area contributed by atoms with Crippen LogP contribution in [-0.4, -0.2) is 115 Å². The van der Waals surface area contributed by atoms with Gasteiger partial charge < -0.3 is 49.6 Å². The van der Waals surface area contributed by atoms with E-state index in [0.29, 0.717) is 17.6 Å². The van der Waals surface area contributed by atoms with Crippen LogP contribution in [0.3, 0.4) is 0 Å². The fourth-order valence-corrected chi connectivity index (χ4v) is 11.3. The van der Waals surface area contributed by atoms with E-state index in [1.165, 1.54) is 43.4 Å². The lowest BCUT2D eigenvalue weighted by atomic mass is 9.39. The maximum absolute atomic E-state index is 15.0. The molecule has 0 radical (unpaired) electrons. The van der Waals surface area contributed by atoms with E-state index >= 15 is 0 Å². The number of phenolic OH excluding ortho intramolecular Hbond substituents is 1. The molecule has 4 aliphatic carbocycles. The van der Waals surface area contributed by atoms with Crippen molar-refractivity contribution in [3.05, 3.63) is 71.5 Å². The largest absolute Gasteiger partial charge is 0.508 e. The number of carbonyl (C=O) groups excluding carboxylic acids is 5. The molecular formula is C47H60O15. The summed E-state index contributed by atoms with van der Waals surface area (Å²) in [6.45, 7) is 13.9. The Bertz CT molecular complexity index is 2110. The summed E-state index contributed by atoms with van der Waals surface area (Å²) in [5.41, 5.74) is -6.48. The molecule has 6 rings (SSSR count). The van der Waals surface area contributed by atoms with Gasteiger partial charge in [-0.25, -0.2) is 4.79 Å². The SMILES string of the molecule is CC(=O)O[C@@H]1[C@@H](O)[C@H](OC2=C[C@@H]3C(=CC[C@@H]4[C@@]3(C)C(=O)C[C@]3(C)[C@@H]([C@@](C)(O)C(=O)/C=C/C(C)(C)OC(=O)/C=C/c5ccc(O)cc5)[C@H](O)C[C@@]43C)C(C)(C)C2=O)O[C@H](CO)[C@H]1O. The first-order chi connectivity index (χ1) is 28.6. The third-order valence-corrected chi connectivity index (χ3v) is 14.8. The van der Waals surface area contributed by atoms with Crippen LogP contribution in [0.4, 0.5) is 0 Å². The average molecular weight is 865 g/mol. The molecule has 1 aliphatic heterocycles. The zero-order valence-corrected chi connectivity index (χ0v) is 36.7. The van der Waals surface area contributed by atoms with E-state index in [9.17, 15) is 54.6 Å². The minimum absolute atomic E-state index is 0.0776. The number of phenols is 1. The van der Waals surface area contributed by atoms with Gasteiger partial charge in [-0.2, -0.15) is 0 Å². The van der Waals surface area contributed by atoms with Gasteiger partial charge >= 0.3 is 11.9 Å². The summed E-state index contributed by atoms with van der Waals surface area (Å²) < 4.78 is 22.4. The Morgan fingerprint density at radius 1 is 0.952 bits per heavy atom. The van der Waals surface area contributed by atoms with Crippen molar-refractivity contribution in [2.24, 2.45) is 39.4 Å². The monoisotopic (exact) mass is 864 g/mol. The quantitative estimate of drug-likeness (QED) is 0.106. The first-order valence-corrected chi connectivity index (χ1v) is 21.0. The molecule has 1 heterocycles. The number of carbonyl (C=O) groups is 5. The zero-order chi connectivity index (χ0) is 46.1. The highest BCUT2D eigenvalue weighted by molar-refractivity contribution is 6.02. The zero-order valence-electron chi connectivity index (χ0n) is 36.7. The molecule has 2 saturated carbocycles. The van der Waals surface area contributed by atoms with Gasteiger partial charge in [-0.05, 0) is 106 Å². The normalized spacial score (nSPS) is 37.7. The number of hydrogen-bond acceptors (Lipinski definition) is 15. The highest BCUT2D eigenvalue weighted by Gasteiger charge is 2.74. The lowest BCUT2D eigenvalue weighted by molar-refractivity contribution is -0.293. The van der Waals surface area contributed by atoms with Crippen LogP contribution >= 0.6 is 0 Å². The van der Waals surface area contributed by atoms with E-state index in [4.69, 9.17) is 18.9 Å². The lowest BCUT2D eigenvalue weighted by Crippen LogP contribution is -2.64. The van der Waals surface area contributed by atoms with Gasteiger partial charge in [0.15, 0.2) is 23.8 Å². The molecule has 338 valence electrons. The average Bonchev–Trinajstić information content (AvgIpc) is 3.39. The van der Waals surface area contributed by atoms with Gasteiger partial charge in [0.2, 0.25) is 12.1 Å². The fraction of sp³-hybridized carbons (Fsp3) is 0.596. The van der Waals surface area contributed by atoms with Gasteiger partial charge in [-0.1, -0.05) is 44.6 Å². The maximum atomic E-state index is 15.0. The van der Waals surface area contributed by atoms with E-state index < -0.39 is 118 Å². The number of allylic oxidation sites excluding steroid dienone is 4. The molecule has 1 aromatic rings. The van der Waals surface area contributed by atoms with Crippen molar-refractivity contribution in [2.75, 3.05) is 6.61 Å². The number of aromatic hydroxyl groups is 1. The number of ketones is 3. The van der Waals surface area contributed by atoms with Crippen LogP contribution in [0.25, 0.3) is 6.08 Å². The van der Waals surface area contributed by atoms with Crippen LogP contribution < -0.4 is 0 Å². The standard InChI is InChI=1S/C47H60O15/c1-24(49)59-38-36(55)31(23-48)61-41(37(38)56)60-30-20-28-27(43(4,5)40(30)57)15-16-32-44(6)21-29(51)39(45(44,7)22-34(53)46(28,32)8)47(9,58)33(52)18-19-42(2,3)62-35(54)17-12-25-10-13-26(50)14-11-25/h10-15,17-20,28-29,31-32,36-39,41,48,50-51,55-56,58H,16,21-23H2,1-9H3/b17-12+,19-18+/t28-,29-,31-,32+,36-,37-,38+,39+,41-,44+,45-,46+,47+/m1/s1. The molecule has 3 fully saturated rings. The van der Waals surface area contributed by atoms with Gasteiger partial charge in [-0.15, -0.1) is 0 Å². The molecule has 15 heteroatoms. The summed E-state index contributed by atoms with van der Waals surface area (Å²) in [5.74, 6) is -5.38. The Kier molecular flexibility index (Phi) is 12.3. The van der Waals surface area contributed by atoms with Crippen LogP contribution in [0.1, 0.15) is 87.1 Å². The van der Waals surface area contributed by atoms with E-state index in [2.05, 4.69) is 0 Å². The van der Waals surface area contributed by atoms with Gasteiger partial charge in [0.25, 0.3) is 0 Å². The topological polar surface area (TPSA) is 244 Å². The van der Waals surface area contributed by atoms with Crippen molar-refractivity contribution in [1.29, 1.82) is 0 Å². The summed E-state index contributed by atoms with van der Waals surface area (Å²) in [7, 11) is 0. The molecule has 6 N–H and O–H groups in total. The van der Waals surface area contributed by atoms with E-state index in [0.717, 1.165) is 13.0 Å². The second-order valence-electron chi connectivity index (χ2n) is 19.6. The van der Waals surface area contributed by atoms with Gasteiger partial charge in [0, 0.05) is 36.7 Å². The molecule has 0 spiro atoms. The van der Waals surface area contributed by atoms with Gasteiger partial charge in [-0.3, -0.25) is 19.2 Å². The molecule has 1 aromatic carbocycles. The lowest BCUT2D eigenvalue weighted by Gasteiger charge is -2.63. The van der Waals surface area contributed by atoms with Crippen LogP contribution in [0, 0.1) is 39.4 Å². The Hall–Kier alpha value is -4.51. The summed E-state index contributed by atoms with van der Waals surface area (Å²) >= 11 is 0. The molecule has 0 unspecified atom stereocenters. The minimum Gasteiger partial charge on any atom is -0.508 e. The predicted molar refractivity (Wildman–Crippen MR) is 221 cm³/mol. The first kappa shape index (κ1) is 47.0. The third-order valence-electron chi connectivity index (χ3n) is 14.8. The maximum Gasteiger partial charge on any atom is 0.331 e. The van der Waals surface area contributed by atoms with Gasteiger partial charge in [0.1, 0.15) is 34.9 Å². The van der Waals surface area contributed by atoms with Crippen LogP contribution in [0.15, 0.2) is 66.0 Å². The van der Waals surface area contributed by atoms with Crippen molar-refractivity contribution < 1.29 is 73.6 Å². The number of aliphatic hydroxyl groups excluding tert-OH is 4. The summed E-state index contributed by atoms with van der Waals surface area (Å²) in [5, 5.41) is 65.3. The Balaban J connectivity index is 1.27. The number of aliphatic hydroxyl groups is 5.